The summed E-state index contributed by atoms with van der Waals surface area (Å²) >= 11 is 0. The lowest BCUT2D eigenvalue weighted by molar-refractivity contribution is -0.123. The highest BCUT2D eigenvalue weighted by molar-refractivity contribution is 5.81. The van der Waals surface area contributed by atoms with E-state index in [1.54, 1.807) is 0 Å². The lowest BCUT2D eigenvalue weighted by Crippen LogP contribution is -2.48. The highest BCUT2D eigenvalue weighted by Gasteiger charge is 2.20. The summed E-state index contributed by atoms with van der Waals surface area (Å²) in [6, 6.07) is 0.0623. The number of nitrogens with one attached hydrogen (secondary N) is 2. The minimum atomic E-state index is 0.0623. The van der Waals surface area contributed by atoms with Crippen molar-refractivity contribution in [2.75, 3.05) is 32.7 Å². The van der Waals surface area contributed by atoms with Gasteiger partial charge in [-0.05, 0) is 45.3 Å². The van der Waals surface area contributed by atoms with Crippen LogP contribution >= 0.6 is 0 Å². The molecule has 0 aromatic carbocycles. The summed E-state index contributed by atoms with van der Waals surface area (Å²) in [6.45, 7) is 5.22. The first-order valence-corrected chi connectivity index (χ1v) is 6.60. The van der Waals surface area contributed by atoms with E-state index in [2.05, 4.69) is 15.5 Å². The Morgan fingerprint density at radius 2 is 2.06 bits per heavy atom. The van der Waals surface area contributed by atoms with Crippen molar-refractivity contribution in [3.63, 3.8) is 0 Å². The summed E-state index contributed by atoms with van der Waals surface area (Å²) in [5.41, 5.74) is 0. The van der Waals surface area contributed by atoms with E-state index in [0.717, 1.165) is 26.1 Å². The Bertz CT molecular complexity index is 220. The van der Waals surface area contributed by atoms with Gasteiger partial charge in [0, 0.05) is 13.1 Å². The molecular formula is C12H23N3O. The van der Waals surface area contributed by atoms with Gasteiger partial charge in [0.05, 0.1) is 6.04 Å². The van der Waals surface area contributed by atoms with E-state index >= 15 is 0 Å². The molecule has 92 valence electrons. The molecule has 2 aliphatic heterocycles. The summed E-state index contributed by atoms with van der Waals surface area (Å²) in [5, 5.41) is 6.31. The van der Waals surface area contributed by atoms with E-state index in [1.807, 2.05) is 0 Å². The molecule has 0 saturated carbocycles. The zero-order valence-corrected chi connectivity index (χ0v) is 10.0. The number of nitrogens with zero attached hydrogens (tertiary/aromatic N) is 1. The molecule has 1 unspecified atom stereocenters. The van der Waals surface area contributed by atoms with Gasteiger partial charge in [-0.2, -0.15) is 0 Å². The van der Waals surface area contributed by atoms with Crippen molar-refractivity contribution >= 4 is 5.91 Å². The maximum Gasteiger partial charge on any atom is 0.237 e. The highest BCUT2D eigenvalue weighted by atomic mass is 16.2. The fraction of sp³-hybridized carbons (Fsp3) is 0.917. The van der Waals surface area contributed by atoms with E-state index in [9.17, 15) is 4.79 Å². The first-order chi connectivity index (χ1) is 7.86. The van der Waals surface area contributed by atoms with Gasteiger partial charge in [0.15, 0.2) is 0 Å². The van der Waals surface area contributed by atoms with Crippen LogP contribution in [0.4, 0.5) is 0 Å². The van der Waals surface area contributed by atoms with Crippen LogP contribution in [0.25, 0.3) is 0 Å². The van der Waals surface area contributed by atoms with Gasteiger partial charge in [0.2, 0.25) is 5.91 Å². The van der Waals surface area contributed by atoms with Crippen LogP contribution < -0.4 is 10.6 Å². The predicted octanol–water partition coefficient (Wildman–Crippen LogP) is 0.341. The average molecular weight is 225 g/mol. The Morgan fingerprint density at radius 1 is 1.25 bits per heavy atom. The van der Waals surface area contributed by atoms with Crippen LogP contribution in [0.15, 0.2) is 0 Å². The SMILES string of the molecule is O=C(NCCN1CCCC1)C1CCCCN1. The number of piperidine rings is 1. The van der Waals surface area contributed by atoms with Crippen molar-refractivity contribution < 1.29 is 4.79 Å². The third-order valence-electron chi connectivity index (χ3n) is 3.55. The van der Waals surface area contributed by atoms with Gasteiger partial charge in [-0.25, -0.2) is 0 Å². The van der Waals surface area contributed by atoms with Gasteiger partial charge in [-0.3, -0.25) is 4.79 Å². The number of likely N-dealkylation sites (tertiary alicyclic amines) is 1. The van der Waals surface area contributed by atoms with E-state index < -0.39 is 0 Å². The highest BCUT2D eigenvalue weighted by Crippen LogP contribution is 2.07. The number of carbonyl (C=O) groups is 1. The molecule has 2 rings (SSSR count). The van der Waals surface area contributed by atoms with E-state index in [-0.39, 0.29) is 11.9 Å². The van der Waals surface area contributed by atoms with Crippen LogP contribution in [0.2, 0.25) is 0 Å². The summed E-state index contributed by atoms with van der Waals surface area (Å²) < 4.78 is 0. The normalized spacial score (nSPS) is 26.9. The Hall–Kier alpha value is -0.610. The molecule has 2 N–H and O–H groups in total. The topological polar surface area (TPSA) is 44.4 Å². The molecule has 4 nitrogen and oxygen atoms in total. The average Bonchev–Trinajstić information content (AvgIpc) is 2.83. The lowest BCUT2D eigenvalue weighted by atomic mass is 10.0. The van der Waals surface area contributed by atoms with Crippen molar-refractivity contribution in [2.24, 2.45) is 0 Å². The molecule has 0 aromatic heterocycles. The third-order valence-corrected chi connectivity index (χ3v) is 3.55. The van der Waals surface area contributed by atoms with Crippen molar-refractivity contribution in [2.45, 2.75) is 38.1 Å². The van der Waals surface area contributed by atoms with Gasteiger partial charge in [0.1, 0.15) is 0 Å². The smallest absolute Gasteiger partial charge is 0.237 e. The largest absolute Gasteiger partial charge is 0.353 e. The lowest BCUT2D eigenvalue weighted by Gasteiger charge is -2.23. The molecular weight excluding hydrogens is 202 g/mol. The molecule has 0 bridgehead atoms. The Morgan fingerprint density at radius 3 is 2.75 bits per heavy atom. The zero-order chi connectivity index (χ0) is 11.2. The molecule has 4 heteroatoms. The number of hydrogen-bond donors (Lipinski definition) is 2. The van der Waals surface area contributed by atoms with Crippen molar-refractivity contribution in [3.8, 4) is 0 Å². The number of hydrogen-bond acceptors (Lipinski definition) is 3. The van der Waals surface area contributed by atoms with Gasteiger partial charge >= 0.3 is 0 Å². The summed E-state index contributed by atoms with van der Waals surface area (Å²) in [5.74, 6) is 0.193. The zero-order valence-electron chi connectivity index (χ0n) is 10.0. The molecule has 0 radical (unpaired) electrons. The van der Waals surface area contributed by atoms with Crippen molar-refractivity contribution in [1.82, 2.24) is 15.5 Å². The summed E-state index contributed by atoms with van der Waals surface area (Å²) in [7, 11) is 0. The third kappa shape index (κ3) is 3.46. The number of rotatable bonds is 4. The van der Waals surface area contributed by atoms with Crippen LogP contribution in [0, 0.1) is 0 Å². The standard InChI is InChI=1S/C12H23N3O/c16-12(11-5-1-2-6-13-11)14-7-10-15-8-3-4-9-15/h11,13H,1-10H2,(H,14,16). The summed E-state index contributed by atoms with van der Waals surface area (Å²) in [4.78, 5) is 14.2. The second kappa shape index (κ2) is 6.21. The number of amides is 1. The molecule has 0 aromatic rings. The minimum absolute atomic E-state index is 0.0623. The number of carbonyl (C=O) groups excluding carboxylic acids is 1. The fourth-order valence-electron chi connectivity index (χ4n) is 2.54. The molecule has 0 aliphatic carbocycles. The molecule has 1 atom stereocenters. The molecule has 2 heterocycles. The second-order valence-corrected chi connectivity index (χ2v) is 4.84. The molecule has 2 aliphatic rings. The monoisotopic (exact) mass is 225 g/mol. The van der Waals surface area contributed by atoms with E-state index in [1.165, 1.54) is 38.8 Å². The molecule has 2 saturated heterocycles. The fourth-order valence-corrected chi connectivity index (χ4v) is 2.54. The van der Waals surface area contributed by atoms with Gasteiger partial charge in [-0.1, -0.05) is 6.42 Å². The minimum Gasteiger partial charge on any atom is -0.353 e. The Kier molecular flexibility index (Phi) is 4.60. The van der Waals surface area contributed by atoms with Crippen LogP contribution in [-0.4, -0.2) is 49.6 Å². The van der Waals surface area contributed by atoms with Gasteiger partial charge < -0.3 is 15.5 Å². The molecule has 2 fully saturated rings. The molecule has 1 amide bonds. The summed E-state index contributed by atoms with van der Waals surface area (Å²) in [6.07, 6.45) is 6.01. The van der Waals surface area contributed by atoms with E-state index in [0.29, 0.717) is 0 Å². The van der Waals surface area contributed by atoms with Gasteiger partial charge in [0.25, 0.3) is 0 Å². The van der Waals surface area contributed by atoms with Crippen LogP contribution in [0.5, 0.6) is 0 Å². The maximum absolute atomic E-state index is 11.8. The van der Waals surface area contributed by atoms with Crippen LogP contribution in [-0.2, 0) is 4.79 Å². The Balaban J connectivity index is 1.59. The first-order valence-electron chi connectivity index (χ1n) is 6.60. The van der Waals surface area contributed by atoms with Crippen LogP contribution in [0.3, 0.4) is 0 Å². The quantitative estimate of drug-likeness (QED) is 0.725. The van der Waals surface area contributed by atoms with Crippen molar-refractivity contribution in [3.05, 3.63) is 0 Å². The van der Waals surface area contributed by atoms with E-state index in [4.69, 9.17) is 0 Å². The molecule has 16 heavy (non-hydrogen) atoms. The van der Waals surface area contributed by atoms with Gasteiger partial charge in [-0.15, -0.1) is 0 Å². The molecule has 0 spiro atoms. The predicted molar refractivity (Wildman–Crippen MR) is 64.3 cm³/mol. The maximum atomic E-state index is 11.8. The van der Waals surface area contributed by atoms with Crippen LogP contribution in [0.1, 0.15) is 32.1 Å². The Labute approximate surface area is 97.8 Å². The first kappa shape index (κ1) is 11.9. The second-order valence-electron chi connectivity index (χ2n) is 4.84. The van der Waals surface area contributed by atoms with Crippen molar-refractivity contribution in [1.29, 1.82) is 0 Å².